The van der Waals surface area contributed by atoms with Crippen LogP contribution in [0.2, 0.25) is 0 Å². The van der Waals surface area contributed by atoms with Crippen molar-refractivity contribution in [2.24, 2.45) is 0 Å². The van der Waals surface area contributed by atoms with Crippen molar-refractivity contribution < 1.29 is 4.79 Å². The number of carbonyl (C=O) groups is 1. The molecular formula is C22H28O. The SMILES string of the molecule is C#C.C/C=C\C.CC.CC1(C)C(=O)c2cccc3cccc1c23. The van der Waals surface area contributed by atoms with Crippen molar-refractivity contribution >= 4 is 16.6 Å². The lowest BCUT2D eigenvalue weighted by Gasteiger charge is -2.16. The molecule has 0 bridgehead atoms. The molecule has 0 saturated carbocycles. The Kier molecular flexibility index (Phi) is 8.66. The fourth-order valence-corrected chi connectivity index (χ4v) is 2.51. The minimum absolute atomic E-state index is 0.245. The van der Waals surface area contributed by atoms with E-state index in [1.54, 1.807) is 0 Å². The Hall–Kier alpha value is -2.33. The number of hydrogen-bond donors (Lipinski definition) is 0. The molecule has 1 aliphatic rings. The van der Waals surface area contributed by atoms with E-state index in [1.807, 2.05) is 71.9 Å². The lowest BCUT2D eigenvalue weighted by Crippen LogP contribution is -2.23. The maximum absolute atomic E-state index is 12.2. The summed E-state index contributed by atoms with van der Waals surface area (Å²) < 4.78 is 0. The van der Waals surface area contributed by atoms with Gasteiger partial charge in [-0.15, -0.1) is 12.8 Å². The second kappa shape index (κ2) is 9.64. The van der Waals surface area contributed by atoms with Crippen LogP contribution in [0.5, 0.6) is 0 Å². The summed E-state index contributed by atoms with van der Waals surface area (Å²) in [5, 5.41) is 2.32. The van der Waals surface area contributed by atoms with E-state index in [-0.39, 0.29) is 11.2 Å². The number of benzene rings is 2. The minimum Gasteiger partial charge on any atom is -0.293 e. The van der Waals surface area contributed by atoms with Crippen LogP contribution in [0, 0.1) is 12.8 Å². The molecule has 0 saturated heterocycles. The first-order valence-electron chi connectivity index (χ1n) is 8.01. The third-order valence-electron chi connectivity index (χ3n) is 3.72. The third-order valence-corrected chi connectivity index (χ3v) is 3.72. The van der Waals surface area contributed by atoms with Crippen LogP contribution in [0.3, 0.4) is 0 Å². The molecule has 1 heteroatoms. The maximum Gasteiger partial charge on any atom is 0.173 e. The molecule has 0 fully saturated rings. The van der Waals surface area contributed by atoms with Crippen LogP contribution in [0.4, 0.5) is 0 Å². The summed E-state index contributed by atoms with van der Waals surface area (Å²) in [7, 11) is 0. The molecule has 0 heterocycles. The maximum atomic E-state index is 12.2. The molecule has 0 aromatic heterocycles. The van der Waals surface area contributed by atoms with Gasteiger partial charge in [0.1, 0.15) is 0 Å². The van der Waals surface area contributed by atoms with E-state index in [0.717, 1.165) is 10.9 Å². The van der Waals surface area contributed by atoms with Crippen LogP contribution >= 0.6 is 0 Å². The van der Waals surface area contributed by atoms with Gasteiger partial charge in [0, 0.05) is 5.56 Å². The summed E-state index contributed by atoms with van der Waals surface area (Å²) in [6.07, 6.45) is 12.0. The largest absolute Gasteiger partial charge is 0.293 e. The summed E-state index contributed by atoms with van der Waals surface area (Å²) in [6, 6.07) is 12.1. The summed E-state index contributed by atoms with van der Waals surface area (Å²) in [4.78, 5) is 12.2. The summed E-state index contributed by atoms with van der Waals surface area (Å²) in [5.41, 5.74) is 1.69. The molecule has 0 N–H and O–H groups in total. The summed E-state index contributed by atoms with van der Waals surface area (Å²) in [5.74, 6) is 0.245. The monoisotopic (exact) mass is 308 g/mol. The van der Waals surface area contributed by atoms with Gasteiger partial charge in [-0.3, -0.25) is 4.79 Å². The molecule has 0 unspecified atom stereocenters. The van der Waals surface area contributed by atoms with Gasteiger partial charge in [0.05, 0.1) is 5.41 Å². The molecule has 3 rings (SSSR count). The molecular weight excluding hydrogens is 280 g/mol. The van der Waals surface area contributed by atoms with E-state index >= 15 is 0 Å². The molecule has 0 atom stereocenters. The normalized spacial score (nSPS) is 13.3. The van der Waals surface area contributed by atoms with Crippen LogP contribution < -0.4 is 0 Å². The molecule has 1 nitrogen and oxygen atoms in total. The van der Waals surface area contributed by atoms with Gasteiger partial charge >= 0.3 is 0 Å². The van der Waals surface area contributed by atoms with Gasteiger partial charge in [-0.1, -0.05) is 62.4 Å². The molecule has 23 heavy (non-hydrogen) atoms. The van der Waals surface area contributed by atoms with Gasteiger partial charge < -0.3 is 0 Å². The standard InChI is InChI=1S/C14H12O.C4H8.C2H6.C2H2/c1-14(2)11-8-4-6-9-5-3-7-10(12(9)11)13(14)15;1-3-4-2;2*1-2/h3-8H,1-2H3;3-4H,1-2H3;1-2H3;1-2H/b;4-3-;;. The highest BCUT2D eigenvalue weighted by atomic mass is 16.1. The Bertz CT molecular complexity index is 678. The van der Waals surface area contributed by atoms with Gasteiger partial charge in [0.25, 0.3) is 0 Å². The molecule has 0 aliphatic heterocycles. The Morgan fingerprint density at radius 2 is 1.39 bits per heavy atom. The first kappa shape index (κ1) is 20.7. The number of ketones is 1. The zero-order valence-electron chi connectivity index (χ0n) is 15.2. The fraction of sp³-hybridized carbons (Fsp3) is 0.318. The van der Waals surface area contributed by atoms with Gasteiger partial charge in [-0.25, -0.2) is 0 Å². The molecule has 0 radical (unpaired) electrons. The Labute approximate surface area is 141 Å². The van der Waals surface area contributed by atoms with Crippen LogP contribution in [-0.2, 0) is 5.41 Å². The number of rotatable bonds is 0. The van der Waals surface area contributed by atoms with Gasteiger partial charge in [-0.2, -0.15) is 0 Å². The number of carbonyl (C=O) groups excluding carboxylic acids is 1. The molecule has 0 amide bonds. The lowest BCUT2D eigenvalue weighted by molar-refractivity contribution is 0.0920. The topological polar surface area (TPSA) is 17.1 Å². The molecule has 122 valence electrons. The van der Waals surface area contributed by atoms with Gasteiger partial charge in [0.15, 0.2) is 5.78 Å². The Balaban J connectivity index is 0.000000523. The van der Waals surface area contributed by atoms with E-state index < -0.39 is 0 Å². The number of terminal acetylenes is 1. The van der Waals surface area contributed by atoms with Crippen molar-refractivity contribution in [2.75, 3.05) is 0 Å². The highest BCUT2D eigenvalue weighted by Crippen LogP contribution is 2.41. The second-order valence-corrected chi connectivity index (χ2v) is 5.33. The molecule has 2 aromatic rings. The number of hydrogen-bond acceptors (Lipinski definition) is 1. The Morgan fingerprint density at radius 3 is 1.87 bits per heavy atom. The third kappa shape index (κ3) is 4.11. The smallest absolute Gasteiger partial charge is 0.173 e. The van der Waals surface area contributed by atoms with Gasteiger partial charge in [-0.05, 0) is 44.0 Å². The first-order valence-corrected chi connectivity index (χ1v) is 8.01. The quantitative estimate of drug-likeness (QED) is 0.420. The van der Waals surface area contributed by atoms with E-state index in [4.69, 9.17) is 0 Å². The zero-order valence-corrected chi connectivity index (χ0v) is 15.2. The van der Waals surface area contributed by atoms with Crippen molar-refractivity contribution in [3.63, 3.8) is 0 Å². The first-order chi connectivity index (χ1) is 11.0. The van der Waals surface area contributed by atoms with Crippen LogP contribution in [-0.4, -0.2) is 5.78 Å². The zero-order chi connectivity index (χ0) is 18.0. The average molecular weight is 308 g/mol. The van der Waals surface area contributed by atoms with E-state index in [2.05, 4.69) is 31.0 Å². The van der Waals surface area contributed by atoms with Crippen LogP contribution in [0.15, 0.2) is 48.6 Å². The average Bonchev–Trinajstić information content (AvgIpc) is 2.82. The molecule has 2 aromatic carbocycles. The predicted molar refractivity (Wildman–Crippen MR) is 103 cm³/mol. The Morgan fingerprint density at radius 1 is 0.913 bits per heavy atom. The number of allylic oxidation sites excluding steroid dienone is 2. The van der Waals surface area contributed by atoms with Crippen molar-refractivity contribution in [2.45, 2.75) is 47.0 Å². The van der Waals surface area contributed by atoms with Crippen molar-refractivity contribution in [1.82, 2.24) is 0 Å². The number of Topliss-reactive ketones (excluding diaryl/α,β-unsaturated/α-hetero) is 1. The van der Waals surface area contributed by atoms with E-state index in [0.29, 0.717) is 0 Å². The van der Waals surface area contributed by atoms with Crippen molar-refractivity contribution in [3.05, 3.63) is 59.7 Å². The molecule has 1 aliphatic carbocycles. The fourth-order valence-electron chi connectivity index (χ4n) is 2.51. The summed E-state index contributed by atoms with van der Waals surface area (Å²) >= 11 is 0. The van der Waals surface area contributed by atoms with Crippen LogP contribution in [0.1, 0.15) is 57.5 Å². The highest BCUT2D eigenvalue weighted by Gasteiger charge is 2.39. The lowest BCUT2D eigenvalue weighted by atomic mass is 9.84. The molecule has 0 spiro atoms. The summed E-state index contributed by atoms with van der Waals surface area (Å²) in [6.45, 7) is 12.0. The second-order valence-electron chi connectivity index (χ2n) is 5.33. The van der Waals surface area contributed by atoms with E-state index in [1.165, 1.54) is 10.9 Å². The predicted octanol–water partition coefficient (Wildman–Crippen LogP) is 6.17. The van der Waals surface area contributed by atoms with Crippen molar-refractivity contribution in [1.29, 1.82) is 0 Å². The van der Waals surface area contributed by atoms with Crippen molar-refractivity contribution in [3.8, 4) is 12.8 Å². The van der Waals surface area contributed by atoms with Crippen LogP contribution in [0.25, 0.3) is 10.8 Å². The highest BCUT2D eigenvalue weighted by molar-refractivity contribution is 6.19. The van der Waals surface area contributed by atoms with E-state index in [9.17, 15) is 4.79 Å². The van der Waals surface area contributed by atoms with Gasteiger partial charge in [0.2, 0.25) is 0 Å². The minimum atomic E-state index is -0.358.